The predicted octanol–water partition coefficient (Wildman–Crippen LogP) is 4.87. The topological polar surface area (TPSA) is 39.2 Å². The number of carbonyl (C=O) groups excluding carboxylic acids is 1. The van der Waals surface area contributed by atoms with Crippen LogP contribution >= 0.6 is 0 Å². The zero-order valence-electron chi connectivity index (χ0n) is 12.7. The van der Waals surface area contributed by atoms with Gasteiger partial charge in [0.05, 0.1) is 10.9 Å². The Morgan fingerprint density at radius 1 is 1.05 bits per heavy atom. The van der Waals surface area contributed by atoms with Gasteiger partial charge in [-0.05, 0) is 23.9 Å². The third-order valence-electron chi connectivity index (χ3n) is 3.78. The Kier molecular flexibility index (Phi) is 4.33. The smallest absolute Gasteiger partial charge is 0.311 e. The summed E-state index contributed by atoms with van der Waals surface area (Å²) in [5.74, 6) is 0.428. The van der Waals surface area contributed by atoms with Crippen molar-refractivity contribution in [3.05, 3.63) is 48.7 Å². The van der Waals surface area contributed by atoms with Crippen LogP contribution in [-0.4, -0.2) is 11.0 Å². The lowest BCUT2D eigenvalue weighted by molar-refractivity contribution is -0.134. The number of carbonyl (C=O) groups is 1. The van der Waals surface area contributed by atoms with E-state index in [0.717, 1.165) is 40.9 Å². The van der Waals surface area contributed by atoms with Gasteiger partial charge in [-0.1, -0.05) is 50.1 Å². The van der Waals surface area contributed by atoms with Crippen molar-refractivity contribution in [3.63, 3.8) is 0 Å². The molecule has 0 aliphatic rings. The van der Waals surface area contributed by atoms with E-state index in [2.05, 4.69) is 11.9 Å². The second-order valence-corrected chi connectivity index (χ2v) is 5.43. The fourth-order valence-electron chi connectivity index (χ4n) is 2.66. The molecule has 3 heteroatoms. The number of hydrogen-bond donors (Lipinski definition) is 0. The van der Waals surface area contributed by atoms with Crippen LogP contribution in [0.3, 0.4) is 0 Å². The van der Waals surface area contributed by atoms with E-state index in [0.29, 0.717) is 12.2 Å². The zero-order chi connectivity index (χ0) is 15.4. The van der Waals surface area contributed by atoms with E-state index >= 15 is 0 Å². The quantitative estimate of drug-likeness (QED) is 0.291. The van der Waals surface area contributed by atoms with E-state index < -0.39 is 0 Å². The summed E-state index contributed by atoms with van der Waals surface area (Å²) in [6, 6.07) is 13.8. The molecular weight excluding hydrogens is 274 g/mol. The number of nitrogens with zero attached hydrogens (tertiary/aromatic N) is 1. The van der Waals surface area contributed by atoms with Crippen molar-refractivity contribution in [2.45, 2.75) is 32.6 Å². The molecule has 2 aromatic carbocycles. The molecule has 0 fully saturated rings. The molecule has 0 aliphatic heterocycles. The van der Waals surface area contributed by atoms with E-state index in [1.165, 1.54) is 0 Å². The van der Waals surface area contributed by atoms with Gasteiger partial charge in [0, 0.05) is 18.0 Å². The van der Waals surface area contributed by atoms with Crippen LogP contribution in [-0.2, 0) is 4.79 Å². The van der Waals surface area contributed by atoms with Gasteiger partial charge in [0.1, 0.15) is 5.75 Å². The third-order valence-corrected chi connectivity index (χ3v) is 3.78. The normalized spacial score (nSPS) is 11.0. The van der Waals surface area contributed by atoms with Crippen LogP contribution in [0.15, 0.2) is 48.7 Å². The van der Waals surface area contributed by atoms with Crippen LogP contribution in [0, 0.1) is 0 Å². The molecular formula is C19H19NO2. The minimum atomic E-state index is -0.172. The van der Waals surface area contributed by atoms with E-state index in [-0.39, 0.29) is 5.97 Å². The Bertz CT molecular complexity index is 811. The van der Waals surface area contributed by atoms with Crippen molar-refractivity contribution in [1.29, 1.82) is 0 Å². The average Bonchev–Trinajstić information content (AvgIpc) is 2.55. The summed E-state index contributed by atoms with van der Waals surface area (Å²) in [5, 5.41) is 2.99. The third kappa shape index (κ3) is 2.93. The number of unbranched alkanes of at least 4 members (excludes halogenated alkanes) is 2. The molecule has 22 heavy (non-hydrogen) atoms. The maximum atomic E-state index is 12.0. The standard InChI is InChI=1S/C19H19NO2/c1-2-3-4-10-17(21)22-16-9-5-7-14-11-12-15-8-6-13-20-19(15)18(14)16/h5-9,11-13H,2-4,10H2,1H3. The van der Waals surface area contributed by atoms with Crippen LogP contribution < -0.4 is 4.74 Å². The monoisotopic (exact) mass is 293 g/mol. The highest BCUT2D eigenvalue weighted by atomic mass is 16.5. The van der Waals surface area contributed by atoms with Crippen LogP contribution in [0.1, 0.15) is 32.6 Å². The van der Waals surface area contributed by atoms with Crippen LogP contribution in [0.4, 0.5) is 0 Å². The van der Waals surface area contributed by atoms with Gasteiger partial charge in [-0.3, -0.25) is 9.78 Å². The SMILES string of the molecule is CCCCCC(=O)Oc1cccc2ccc3cccnc3c12. The van der Waals surface area contributed by atoms with Gasteiger partial charge < -0.3 is 4.74 Å². The molecule has 1 heterocycles. The summed E-state index contributed by atoms with van der Waals surface area (Å²) in [5.41, 5.74) is 0.872. The van der Waals surface area contributed by atoms with Crippen molar-refractivity contribution < 1.29 is 9.53 Å². The molecule has 3 aromatic rings. The summed E-state index contributed by atoms with van der Waals surface area (Å²) in [6.45, 7) is 2.12. The Labute approximate surface area is 129 Å². The molecule has 0 unspecified atom stereocenters. The largest absolute Gasteiger partial charge is 0.426 e. The van der Waals surface area contributed by atoms with E-state index in [9.17, 15) is 4.79 Å². The zero-order valence-corrected chi connectivity index (χ0v) is 12.7. The Hall–Kier alpha value is -2.42. The number of esters is 1. The molecule has 0 amide bonds. The summed E-state index contributed by atoms with van der Waals surface area (Å²) in [4.78, 5) is 16.5. The molecule has 0 saturated carbocycles. The number of aromatic nitrogens is 1. The fraction of sp³-hybridized carbons (Fsp3) is 0.263. The Balaban J connectivity index is 1.99. The van der Waals surface area contributed by atoms with Crippen molar-refractivity contribution in [2.75, 3.05) is 0 Å². The molecule has 3 rings (SSSR count). The van der Waals surface area contributed by atoms with Crippen molar-refractivity contribution in [3.8, 4) is 5.75 Å². The van der Waals surface area contributed by atoms with Crippen LogP contribution in [0.5, 0.6) is 5.75 Å². The van der Waals surface area contributed by atoms with Crippen molar-refractivity contribution in [2.24, 2.45) is 0 Å². The highest BCUT2D eigenvalue weighted by Gasteiger charge is 2.11. The molecule has 0 atom stereocenters. The first-order valence-electron chi connectivity index (χ1n) is 7.76. The van der Waals surface area contributed by atoms with E-state index in [1.54, 1.807) is 6.20 Å². The molecule has 112 valence electrons. The number of ether oxygens (including phenoxy) is 1. The van der Waals surface area contributed by atoms with Crippen LogP contribution in [0.25, 0.3) is 21.7 Å². The number of fused-ring (bicyclic) bond motifs is 3. The minimum Gasteiger partial charge on any atom is -0.426 e. The number of rotatable bonds is 5. The van der Waals surface area contributed by atoms with Crippen molar-refractivity contribution in [1.82, 2.24) is 4.98 Å². The van der Waals surface area contributed by atoms with Crippen molar-refractivity contribution >= 4 is 27.6 Å². The maximum Gasteiger partial charge on any atom is 0.311 e. The second kappa shape index (κ2) is 6.56. The maximum absolute atomic E-state index is 12.0. The van der Waals surface area contributed by atoms with Gasteiger partial charge in [-0.15, -0.1) is 0 Å². The van der Waals surface area contributed by atoms with Gasteiger partial charge in [-0.2, -0.15) is 0 Å². The Morgan fingerprint density at radius 2 is 1.86 bits per heavy atom. The lowest BCUT2D eigenvalue weighted by Gasteiger charge is -2.09. The molecule has 3 nitrogen and oxygen atoms in total. The van der Waals surface area contributed by atoms with E-state index in [1.807, 2.05) is 42.5 Å². The van der Waals surface area contributed by atoms with Gasteiger partial charge >= 0.3 is 5.97 Å². The second-order valence-electron chi connectivity index (χ2n) is 5.43. The molecule has 0 aliphatic carbocycles. The summed E-state index contributed by atoms with van der Waals surface area (Å²) < 4.78 is 5.60. The van der Waals surface area contributed by atoms with Gasteiger partial charge in [0.15, 0.2) is 0 Å². The number of hydrogen-bond acceptors (Lipinski definition) is 3. The van der Waals surface area contributed by atoms with Gasteiger partial charge in [0.25, 0.3) is 0 Å². The predicted molar refractivity (Wildman–Crippen MR) is 89.0 cm³/mol. The lowest BCUT2D eigenvalue weighted by Crippen LogP contribution is -2.07. The molecule has 0 bridgehead atoms. The van der Waals surface area contributed by atoms with Gasteiger partial charge in [0.2, 0.25) is 0 Å². The first-order chi connectivity index (χ1) is 10.8. The molecule has 0 N–H and O–H groups in total. The molecule has 0 radical (unpaired) electrons. The number of pyridine rings is 1. The summed E-state index contributed by atoms with van der Waals surface area (Å²) in [6.07, 6.45) is 5.24. The van der Waals surface area contributed by atoms with Crippen LogP contribution in [0.2, 0.25) is 0 Å². The summed E-state index contributed by atoms with van der Waals surface area (Å²) >= 11 is 0. The molecule has 1 aromatic heterocycles. The Morgan fingerprint density at radius 3 is 2.73 bits per heavy atom. The van der Waals surface area contributed by atoms with E-state index in [4.69, 9.17) is 4.74 Å². The molecule has 0 spiro atoms. The van der Waals surface area contributed by atoms with Gasteiger partial charge in [-0.25, -0.2) is 0 Å². The average molecular weight is 293 g/mol. The first-order valence-corrected chi connectivity index (χ1v) is 7.76. The highest BCUT2D eigenvalue weighted by molar-refractivity contribution is 6.08. The fourth-order valence-corrected chi connectivity index (χ4v) is 2.66. The summed E-state index contributed by atoms with van der Waals surface area (Å²) in [7, 11) is 0. The number of benzene rings is 2. The highest BCUT2D eigenvalue weighted by Crippen LogP contribution is 2.31. The minimum absolute atomic E-state index is 0.172. The lowest BCUT2D eigenvalue weighted by atomic mass is 10.1. The molecule has 0 saturated heterocycles. The first kappa shape index (κ1) is 14.5.